The van der Waals surface area contributed by atoms with Crippen molar-refractivity contribution in [2.24, 2.45) is 0 Å². The van der Waals surface area contributed by atoms with E-state index in [4.69, 9.17) is 4.74 Å². The van der Waals surface area contributed by atoms with Crippen molar-refractivity contribution in [3.8, 4) is 5.75 Å². The van der Waals surface area contributed by atoms with Crippen molar-refractivity contribution in [3.05, 3.63) is 65.2 Å². The molecule has 140 valence electrons. The maximum Gasteiger partial charge on any atom is 0.244 e. The van der Waals surface area contributed by atoms with Crippen molar-refractivity contribution in [2.75, 3.05) is 34.4 Å². The van der Waals surface area contributed by atoms with Crippen LogP contribution in [0.4, 0.5) is 0 Å². The van der Waals surface area contributed by atoms with Crippen LogP contribution in [0.1, 0.15) is 22.7 Å². The number of nitrogens with zero attached hydrogens (tertiary/aromatic N) is 2. The number of amides is 1. The zero-order valence-electron chi connectivity index (χ0n) is 16.0. The van der Waals surface area contributed by atoms with E-state index in [9.17, 15) is 9.90 Å². The predicted molar refractivity (Wildman–Crippen MR) is 103 cm³/mol. The van der Waals surface area contributed by atoms with Gasteiger partial charge in [-0.15, -0.1) is 0 Å². The van der Waals surface area contributed by atoms with E-state index in [2.05, 4.69) is 0 Å². The molecule has 0 spiro atoms. The number of aliphatic hydroxyl groups excluding tert-OH is 1. The third-order valence-electron chi connectivity index (χ3n) is 4.47. The second-order valence-electron chi connectivity index (χ2n) is 6.52. The molecule has 5 heteroatoms. The van der Waals surface area contributed by atoms with E-state index < -0.39 is 6.04 Å². The Labute approximate surface area is 155 Å². The fourth-order valence-electron chi connectivity index (χ4n) is 3.13. The summed E-state index contributed by atoms with van der Waals surface area (Å²) >= 11 is 0. The van der Waals surface area contributed by atoms with Crippen molar-refractivity contribution in [1.82, 2.24) is 9.80 Å². The summed E-state index contributed by atoms with van der Waals surface area (Å²) in [4.78, 5) is 17.0. The molecule has 2 aromatic rings. The van der Waals surface area contributed by atoms with Gasteiger partial charge in [0.2, 0.25) is 5.91 Å². The van der Waals surface area contributed by atoms with Crippen LogP contribution >= 0.6 is 0 Å². The first-order valence-corrected chi connectivity index (χ1v) is 8.73. The van der Waals surface area contributed by atoms with Gasteiger partial charge in [-0.2, -0.15) is 0 Å². The van der Waals surface area contributed by atoms with E-state index in [1.54, 1.807) is 12.0 Å². The summed E-state index contributed by atoms with van der Waals surface area (Å²) in [6, 6.07) is 15.1. The predicted octanol–water partition coefficient (Wildman–Crippen LogP) is 2.63. The molecule has 0 bridgehead atoms. The minimum Gasteiger partial charge on any atom is -0.496 e. The highest BCUT2D eigenvalue weighted by atomic mass is 16.5. The minimum absolute atomic E-state index is 0.0377. The second-order valence-corrected chi connectivity index (χ2v) is 6.52. The van der Waals surface area contributed by atoms with Gasteiger partial charge in [0.25, 0.3) is 0 Å². The maximum absolute atomic E-state index is 13.4. The molecule has 0 heterocycles. The molecule has 5 nitrogen and oxygen atoms in total. The van der Waals surface area contributed by atoms with Crippen molar-refractivity contribution >= 4 is 5.91 Å². The Morgan fingerprint density at radius 1 is 1.12 bits per heavy atom. The molecule has 1 unspecified atom stereocenters. The lowest BCUT2D eigenvalue weighted by Crippen LogP contribution is -2.41. The Morgan fingerprint density at radius 3 is 2.38 bits per heavy atom. The second kappa shape index (κ2) is 9.36. The van der Waals surface area contributed by atoms with E-state index in [0.717, 1.165) is 22.4 Å². The molecule has 0 aromatic heterocycles. The van der Waals surface area contributed by atoms with E-state index >= 15 is 0 Å². The number of carbonyl (C=O) groups excluding carboxylic acids is 1. The van der Waals surface area contributed by atoms with Crippen LogP contribution in [0.25, 0.3) is 0 Å². The molecule has 1 atom stereocenters. The number of para-hydroxylation sites is 1. The molecule has 2 aromatic carbocycles. The van der Waals surface area contributed by atoms with Crippen LogP contribution < -0.4 is 4.74 Å². The number of aliphatic hydroxyl groups is 1. The summed E-state index contributed by atoms with van der Waals surface area (Å²) in [7, 11) is 5.41. The third-order valence-corrected chi connectivity index (χ3v) is 4.47. The number of ether oxygens (including phenoxy) is 1. The number of hydrogen-bond donors (Lipinski definition) is 1. The van der Waals surface area contributed by atoms with Crippen LogP contribution in [0.3, 0.4) is 0 Å². The molecule has 0 saturated carbocycles. The average Bonchev–Trinajstić information content (AvgIpc) is 2.63. The largest absolute Gasteiger partial charge is 0.496 e. The van der Waals surface area contributed by atoms with E-state index in [0.29, 0.717) is 6.54 Å². The lowest BCUT2D eigenvalue weighted by Gasteiger charge is -2.32. The van der Waals surface area contributed by atoms with Crippen molar-refractivity contribution in [1.29, 1.82) is 0 Å². The van der Waals surface area contributed by atoms with Gasteiger partial charge in [0.1, 0.15) is 11.8 Å². The topological polar surface area (TPSA) is 53.0 Å². The van der Waals surface area contributed by atoms with Gasteiger partial charge >= 0.3 is 0 Å². The van der Waals surface area contributed by atoms with Gasteiger partial charge in [0.15, 0.2) is 0 Å². The number of likely N-dealkylation sites (N-methyl/N-ethyl adjacent to an activating group) is 1. The van der Waals surface area contributed by atoms with Gasteiger partial charge < -0.3 is 14.7 Å². The average molecular weight is 356 g/mol. The zero-order chi connectivity index (χ0) is 19.1. The van der Waals surface area contributed by atoms with Crippen LogP contribution in [-0.4, -0.2) is 55.2 Å². The van der Waals surface area contributed by atoms with Gasteiger partial charge in [-0.25, -0.2) is 0 Å². The number of aryl methyl sites for hydroxylation is 1. The first-order chi connectivity index (χ1) is 12.5. The highest BCUT2D eigenvalue weighted by molar-refractivity contribution is 5.83. The number of methoxy groups -OCH3 is 1. The molecule has 0 saturated heterocycles. The molecule has 0 aliphatic heterocycles. The van der Waals surface area contributed by atoms with E-state index in [-0.39, 0.29) is 19.1 Å². The fraction of sp³-hybridized carbons (Fsp3) is 0.381. The highest BCUT2D eigenvalue weighted by Crippen LogP contribution is 2.26. The van der Waals surface area contributed by atoms with Crippen LogP contribution in [0.15, 0.2) is 48.5 Å². The Kier molecular flexibility index (Phi) is 7.18. The Hall–Kier alpha value is -2.37. The summed E-state index contributed by atoms with van der Waals surface area (Å²) in [5, 5.41) is 9.50. The SMILES string of the molecule is COc1ccccc1CN(CCO)C(=O)C(c1ccccc1C)N(C)C. The molecule has 0 aliphatic rings. The van der Waals surface area contributed by atoms with Crippen LogP contribution in [0.5, 0.6) is 5.75 Å². The minimum atomic E-state index is -0.405. The van der Waals surface area contributed by atoms with E-state index in [1.807, 2.05) is 74.4 Å². The third kappa shape index (κ3) is 4.62. The first kappa shape index (κ1) is 19.9. The molecule has 26 heavy (non-hydrogen) atoms. The summed E-state index contributed by atoms with van der Waals surface area (Å²) in [6.45, 7) is 2.58. The van der Waals surface area contributed by atoms with Gasteiger partial charge in [0.05, 0.1) is 13.7 Å². The molecular formula is C21H28N2O3. The molecule has 2 rings (SSSR count). The zero-order valence-corrected chi connectivity index (χ0v) is 16.0. The number of rotatable bonds is 8. The summed E-state index contributed by atoms with van der Waals surface area (Å²) in [6.07, 6.45) is 0. The number of hydrogen-bond acceptors (Lipinski definition) is 4. The van der Waals surface area contributed by atoms with Crippen molar-refractivity contribution < 1.29 is 14.6 Å². The highest BCUT2D eigenvalue weighted by Gasteiger charge is 2.29. The maximum atomic E-state index is 13.4. The van der Waals surface area contributed by atoms with Crippen molar-refractivity contribution in [2.45, 2.75) is 19.5 Å². The summed E-state index contributed by atoms with van der Waals surface area (Å²) in [5.74, 6) is 0.699. The molecule has 0 fully saturated rings. The molecular weight excluding hydrogens is 328 g/mol. The van der Waals surface area contributed by atoms with Gasteiger partial charge in [0, 0.05) is 18.7 Å². The van der Waals surface area contributed by atoms with Crippen LogP contribution in [-0.2, 0) is 11.3 Å². The Morgan fingerprint density at radius 2 is 1.77 bits per heavy atom. The molecule has 0 radical (unpaired) electrons. The van der Waals surface area contributed by atoms with Crippen LogP contribution in [0, 0.1) is 6.92 Å². The lowest BCUT2D eigenvalue weighted by atomic mass is 9.99. The Bertz CT molecular complexity index is 731. The van der Waals surface area contributed by atoms with Gasteiger partial charge in [-0.1, -0.05) is 42.5 Å². The molecule has 1 N–H and O–H groups in total. The van der Waals surface area contributed by atoms with Gasteiger partial charge in [-0.05, 0) is 38.2 Å². The standard InChI is InChI=1S/C21H28N2O3/c1-16-9-5-7-11-18(16)20(22(2)3)21(25)23(13-14-24)15-17-10-6-8-12-19(17)26-4/h5-12,20,24H,13-15H2,1-4H3. The monoisotopic (exact) mass is 356 g/mol. The Balaban J connectivity index is 2.34. The van der Waals surface area contributed by atoms with Crippen LogP contribution in [0.2, 0.25) is 0 Å². The number of benzene rings is 2. The summed E-state index contributed by atoms with van der Waals surface area (Å²) < 4.78 is 5.40. The van der Waals surface area contributed by atoms with Crippen molar-refractivity contribution in [3.63, 3.8) is 0 Å². The quantitative estimate of drug-likeness (QED) is 0.790. The molecule has 0 aliphatic carbocycles. The lowest BCUT2D eigenvalue weighted by molar-refractivity contribution is -0.137. The normalized spacial score (nSPS) is 12.1. The number of carbonyl (C=O) groups is 1. The fourth-order valence-corrected chi connectivity index (χ4v) is 3.13. The van der Waals surface area contributed by atoms with Gasteiger partial charge in [-0.3, -0.25) is 9.69 Å². The first-order valence-electron chi connectivity index (χ1n) is 8.73. The smallest absolute Gasteiger partial charge is 0.244 e. The molecule has 1 amide bonds. The van der Waals surface area contributed by atoms with E-state index in [1.165, 1.54) is 0 Å². The summed E-state index contributed by atoms with van der Waals surface area (Å²) in [5.41, 5.74) is 2.96.